The van der Waals surface area contributed by atoms with Crippen LogP contribution in [0.3, 0.4) is 0 Å². The standard InChI is InChI=1S/C23H19ClN2O5S/c1-13-3-8-17-16(11-13)21(28)26(12-31-17)15-6-4-14(5-7-15)20(27)25-23(2,22(29)30)18-9-10-19(24)32-18/h3-11H,12H2,1-2H3,(H,25,27)(H,29,30). The normalized spacial score (nSPS) is 14.8. The van der Waals surface area contributed by atoms with E-state index in [0.29, 0.717) is 26.2 Å². The highest BCUT2D eigenvalue weighted by Crippen LogP contribution is 2.32. The van der Waals surface area contributed by atoms with Crippen molar-refractivity contribution in [3.63, 3.8) is 0 Å². The smallest absolute Gasteiger partial charge is 0.334 e. The molecule has 2 N–H and O–H groups in total. The van der Waals surface area contributed by atoms with Crippen LogP contribution in [0.25, 0.3) is 0 Å². The van der Waals surface area contributed by atoms with Gasteiger partial charge in [-0.25, -0.2) is 4.79 Å². The quantitative estimate of drug-likeness (QED) is 0.574. The highest BCUT2D eigenvalue weighted by atomic mass is 35.5. The van der Waals surface area contributed by atoms with Gasteiger partial charge in [-0.2, -0.15) is 0 Å². The highest BCUT2D eigenvalue weighted by molar-refractivity contribution is 7.16. The van der Waals surface area contributed by atoms with Gasteiger partial charge in [0.15, 0.2) is 12.3 Å². The molecule has 0 saturated carbocycles. The minimum Gasteiger partial charge on any atom is -0.479 e. The maximum atomic E-state index is 12.9. The summed E-state index contributed by atoms with van der Waals surface area (Å²) in [6.45, 7) is 3.36. The molecule has 0 saturated heterocycles. The van der Waals surface area contributed by atoms with Crippen molar-refractivity contribution in [2.45, 2.75) is 19.4 Å². The van der Waals surface area contributed by atoms with Gasteiger partial charge >= 0.3 is 5.97 Å². The molecule has 9 heteroatoms. The monoisotopic (exact) mass is 470 g/mol. The minimum absolute atomic E-state index is 0.0522. The highest BCUT2D eigenvalue weighted by Gasteiger charge is 2.38. The number of nitrogens with one attached hydrogen (secondary N) is 1. The first-order valence-electron chi connectivity index (χ1n) is 9.66. The van der Waals surface area contributed by atoms with Gasteiger partial charge in [-0.05, 0) is 62.4 Å². The first kappa shape index (κ1) is 21.9. The number of hydrogen-bond acceptors (Lipinski definition) is 5. The number of benzene rings is 2. The van der Waals surface area contributed by atoms with E-state index in [1.54, 1.807) is 36.4 Å². The second-order valence-corrected chi connectivity index (χ2v) is 9.26. The van der Waals surface area contributed by atoms with E-state index < -0.39 is 17.4 Å². The van der Waals surface area contributed by atoms with Gasteiger partial charge in [0, 0.05) is 16.1 Å². The zero-order valence-electron chi connectivity index (χ0n) is 17.2. The molecule has 7 nitrogen and oxygen atoms in total. The lowest BCUT2D eigenvalue weighted by Gasteiger charge is -2.29. The Bertz CT molecular complexity index is 1220. The molecule has 0 fully saturated rings. The first-order valence-corrected chi connectivity index (χ1v) is 10.9. The molecule has 1 aliphatic heterocycles. The molecule has 32 heavy (non-hydrogen) atoms. The molecule has 1 atom stereocenters. The van der Waals surface area contributed by atoms with Gasteiger partial charge in [-0.3, -0.25) is 14.5 Å². The van der Waals surface area contributed by atoms with Crippen molar-refractivity contribution in [1.82, 2.24) is 5.32 Å². The molecule has 0 radical (unpaired) electrons. The van der Waals surface area contributed by atoms with Gasteiger partial charge in [0.25, 0.3) is 11.8 Å². The van der Waals surface area contributed by atoms with Crippen molar-refractivity contribution in [2.24, 2.45) is 0 Å². The van der Waals surface area contributed by atoms with E-state index in [0.717, 1.165) is 16.9 Å². The summed E-state index contributed by atoms with van der Waals surface area (Å²) in [5, 5.41) is 12.3. The Labute approximate surface area is 193 Å². The lowest BCUT2D eigenvalue weighted by Crippen LogP contribution is -2.49. The van der Waals surface area contributed by atoms with Crippen molar-refractivity contribution >= 4 is 46.4 Å². The molecular weight excluding hydrogens is 452 g/mol. The van der Waals surface area contributed by atoms with Gasteiger partial charge in [0.05, 0.1) is 9.90 Å². The van der Waals surface area contributed by atoms with Crippen molar-refractivity contribution in [2.75, 3.05) is 11.6 Å². The second kappa shape index (κ2) is 8.29. The number of aryl methyl sites for hydroxylation is 1. The molecule has 164 valence electrons. The molecule has 0 bridgehead atoms. The number of carboxylic acid groups (broad SMARTS) is 1. The number of carboxylic acids is 1. The van der Waals surface area contributed by atoms with Crippen molar-refractivity contribution in [3.8, 4) is 5.75 Å². The third kappa shape index (κ3) is 3.94. The van der Waals surface area contributed by atoms with Crippen LogP contribution in [0.15, 0.2) is 54.6 Å². The average molecular weight is 471 g/mol. The Morgan fingerprint density at radius 1 is 1.16 bits per heavy atom. The molecule has 1 unspecified atom stereocenters. The third-order valence-corrected chi connectivity index (χ3v) is 6.71. The number of anilines is 1. The van der Waals surface area contributed by atoms with Crippen LogP contribution in [0.2, 0.25) is 4.34 Å². The molecule has 4 rings (SSSR count). The molecule has 0 spiro atoms. The van der Waals surface area contributed by atoms with Crippen LogP contribution in [0, 0.1) is 6.92 Å². The van der Waals surface area contributed by atoms with E-state index in [-0.39, 0.29) is 18.2 Å². The summed E-state index contributed by atoms with van der Waals surface area (Å²) in [5.41, 5.74) is 0.606. The van der Waals surface area contributed by atoms with Crippen molar-refractivity contribution < 1.29 is 24.2 Å². The summed E-state index contributed by atoms with van der Waals surface area (Å²) in [6.07, 6.45) is 0. The van der Waals surface area contributed by atoms with Gasteiger partial charge in [0.2, 0.25) is 0 Å². The zero-order valence-corrected chi connectivity index (χ0v) is 18.8. The van der Waals surface area contributed by atoms with Crippen LogP contribution >= 0.6 is 22.9 Å². The predicted molar refractivity (Wildman–Crippen MR) is 122 cm³/mol. The second-order valence-electron chi connectivity index (χ2n) is 7.54. The Morgan fingerprint density at radius 3 is 2.50 bits per heavy atom. The fourth-order valence-corrected chi connectivity index (χ4v) is 4.50. The predicted octanol–water partition coefficient (Wildman–Crippen LogP) is 4.44. The number of ether oxygens (including phenoxy) is 1. The number of carbonyl (C=O) groups is 3. The summed E-state index contributed by atoms with van der Waals surface area (Å²) in [5.74, 6) is -1.42. The van der Waals surface area contributed by atoms with Crippen molar-refractivity contribution in [1.29, 1.82) is 0 Å². The topological polar surface area (TPSA) is 95.9 Å². The largest absolute Gasteiger partial charge is 0.479 e. The SMILES string of the molecule is Cc1ccc2c(c1)C(=O)N(c1ccc(C(=O)NC(C)(C(=O)O)c3ccc(Cl)s3)cc1)CO2. The molecule has 2 amide bonds. The maximum Gasteiger partial charge on any atom is 0.334 e. The molecule has 1 aliphatic rings. The number of thiophene rings is 1. The Hall–Kier alpha value is -3.36. The van der Waals surface area contributed by atoms with E-state index >= 15 is 0 Å². The number of aliphatic carboxylic acids is 1. The van der Waals surface area contributed by atoms with Gasteiger partial charge < -0.3 is 15.2 Å². The Kier molecular flexibility index (Phi) is 5.66. The van der Waals surface area contributed by atoms with Crippen molar-refractivity contribution in [3.05, 3.63) is 80.5 Å². The van der Waals surface area contributed by atoms with Gasteiger partial charge in [0.1, 0.15) is 5.75 Å². The number of amides is 2. The number of fused-ring (bicyclic) bond motifs is 1. The van der Waals surface area contributed by atoms with Crippen LogP contribution in [-0.4, -0.2) is 29.6 Å². The lowest BCUT2D eigenvalue weighted by molar-refractivity contribution is -0.144. The number of rotatable bonds is 5. The number of nitrogens with zero attached hydrogens (tertiary/aromatic N) is 1. The fourth-order valence-electron chi connectivity index (χ4n) is 3.36. The van der Waals surface area contributed by atoms with Crippen LogP contribution in [0.5, 0.6) is 5.75 Å². The first-order chi connectivity index (χ1) is 15.2. The molecular formula is C23H19ClN2O5S. The minimum atomic E-state index is -1.63. The fraction of sp³-hybridized carbons (Fsp3) is 0.174. The number of hydrogen-bond donors (Lipinski definition) is 2. The third-order valence-electron chi connectivity index (χ3n) is 5.26. The van der Waals surface area contributed by atoms with E-state index in [2.05, 4.69) is 5.32 Å². The lowest BCUT2D eigenvalue weighted by atomic mass is 9.99. The van der Waals surface area contributed by atoms with E-state index in [4.69, 9.17) is 16.3 Å². The van der Waals surface area contributed by atoms with Crippen LogP contribution < -0.4 is 15.0 Å². The molecule has 3 aromatic rings. The zero-order chi connectivity index (χ0) is 23.0. The van der Waals surface area contributed by atoms with Gasteiger partial charge in [-0.1, -0.05) is 23.2 Å². The Morgan fingerprint density at radius 2 is 1.88 bits per heavy atom. The number of halogens is 1. The molecule has 0 aliphatic carbocycles. The Balaban J connectivity index is 1.54. The summed E-state index contributed by atoms with van der Waals surface area (Å²) >= 11 is 7.03. The van der Waals surface area contributed by atoms with E-state index in [1.807, 2.05) is 13.0 Å². The molecule has 2 heterocycles. The summed E-state index contributed by atoms with van der Waals surface area (Å²) in [6, 6.07) is 14.9. The summed E-state index contributed by atoms with van der Waals surface area (Å²) in [4.78, 5) is 39.5. The molecule has 2 aromatic carbocycles. The van der Waals surface area contributed by atoms with Crippen LogP contribution in [0.1, 0.15) is 38.1 Å². The van der Waals surface area contributed by atoms with Crippen LogP contribution in [0.4, 0.5) is 5.69 Å². The average Bonchev–Trinajstić information content (AvgIpc) is 3.21. The number of carbonyl (C=O) groups excluding carboxylic acids is 2. The van der Waals surface area contributed by atoms with E-state index in [9.17, 15) is 19.5 Å². The molecule has 1 aromatic heterocycles. The summed E-state index contributed by atoms with van der Waals surface area (Å²) in [7, 11) is 0. The van der Waals surface area contributed by atoms with Crippen LogP contribution in [-0.2, 0) is 10.3 Å². The summed E-state index contributed by atoms with van der Waals surface area (Å²) < 4.78 is 6.11. The van der Waals surface area contributed by atoms with E-state index in [1.165, 1.54) is 24.0 Å². The van der Waals surface area contributed by atoms with Gasteiger partial charge in [-0.15, -0.1) is 11.3 Å². The maximum absolute atomic E-state index is 12.9.